The van der Waals surface area contributed by atoms with Crippen molar-refractivity contribution < 1.29 is 9.47 Å². The molecule has 0 aromatic rings. The molecule has 0 heterocycles. The molecule has 0 saturated carbocycles. The summed E-state index contributed by atoms with van der Waals surface area (Å²) in [7, 11) is 3.44. The van der Waals surface area contributed by atoms with Crippen molar-refractivity contribution in [1.29, 1.82) is 0 Å². The van der Waals surface area contributed by atoms with Crippen LogP contribution in [0.25, 0.3) is 0 Å². The molecule has 0 aromatic carbocycles. The van der Waals surface area contributed by atoms with Gasteiger partial charge in [0.05, 0.1) is 6.61 Å². The average molecular weight is 199 g/mol. The Labute approximate surface area is 87.4 Å². The minimum Gasteiger partial charge on any atom is -0.385 e. The van der Waals surface area contributed by atoms with Crippen LogP contribution in [-0.4, -0.2) is 52.0 Å². The largest absolute Gasteiger partial charge is 0.385 e. The number of ether oxygens (including phenoxy) is 2. The third-order valence-electron chi connectivity index (χ3n) is 2.01. The first-order valence-electron chi connectivity index (χ1n) is 4.98. The van der Waals surface area contributed by atoms with Gasteiger partial charge in [-0.05, 0) is 6.42 Å². The Kier molecular flexibility index (Phi) is 10.1. The molecule has 0 bridgehead atoms. The minimum atomic E-state index is 0.761. The van der Waals surface area contributed by atoms with Crippen LogP contribution in [-0.2, 0) is 9.47 Å². The van der Waals surface area contributed by atoms with Crippen molar-refractivity contribution in [3.8, 4) is 12.3 Å². The summed E-state index contributed by atoms with van der Waals surface area (Å²) in [6, 6.07) is 0. The molecule has 82 valence electrons. The number of hydrogen-bond acceptors (Lipinski definition) is 3. The molecule has 0 aliphatic rings. The second kappa shape index (κ2) is 10.5. The summed E-state index contributed by atoms with van der Waals surface area (Å²) in [5, 5.41) is 0. The molecule has 0 rings (SSSR count). The Morgan fingerprint density at radius 2 is 1.79 bits per heavy atom. The molecule has 0 atom stereocenters. The van der Waals surface area contributed by atoms with Crippen molar-refractivity contribution in [3.05, 3.63) is 0 Å². The van der Waals surface area contributed by atoms with E-state index < -0.39 is 0 Å². The molecule has 0 spiro atoms. The number of rotatable bonds is 9. The fourth-order valence-corrected chi connectivity index (χ4v) is 1.21. The van der Waals surface area contributed by atoms with Crippen molar-refractivity contribution in [2.24, 2.45) is 0 Å². The van der Waals surface area contributed by atoms with Crippen LogP contribution in [0, 0.1) is 12.3 Å². The second-order valence-electron chi connectivity index (χ2n) is 3.13. The van der Waals surface area contributed by atoms with Crippen LogP contribution in [0.3, 0.4) is 0 Å². The number of hydrogen-bond donors (Lipinski definition) is 0. The van der Waals surface area contributed by atoms with Gasteiger partial charge in [-0.1, -0.05) is 0 Å². The minimum absolute atomic E-state index is 0.761. The summed E-state index contributed by atoms with van der Waals surface area (Å²) < 4.78 is 10.0. The maximum absolute atomic E-state index is 5.23. The molecule has 0 fully saturated rings. The first-order chi connectivity index (χ1) is 6.85. The van der Waals surface area contributed by atoms with Gasteiger partial charge in [-0.15, -0.1) is 12.3 Å². The lowest BCUT2D eigenvalue weighted by Gasteiger charge is -2.20. The van der Waals surface area contributed by atoms with Gasteiger partial charge < -0.3 is 14.4 Å². The molecule has 0 amide bonds. The van der Waals surface area contributed by atoms with E-state index in [2.05, 4.69) is 10.8 Å². The van der Waals surface area contributed by atoms with E-state index in [-0.39, 0.29) is 0 Å². The molecule has 0 aliphatic carbocycles. The lowest BCUT2D eigenvalue weighted by atomic mass is 10.3. The Balaban J connectivity index is 3.56. The van der Waals surface area contributed by atoms with Gasteiger partial charge in [-0.25, -0.2) is 0 Å². The average Bonchev–Trinajstić information content (AvgIpc) is 2.21. The maximum atomic E-state index is 5.23. The summed E-state index contributed by atoms with van der Waals surface area (Å²) in [6.07, 6.45) is 7.08. The molecule has 14 heavy (non-hydrogen) atoms. The van der Waals surface area contributed by atoms with E-state index in [1.807, 2.05) is 0 Å². The van der Waals surface area contributed by atoms with Gasteiger partial charge in [-0.3, -0.25) is 0 Å². The molecule has 0 N–H and O–H groups in total. The van der Waals surface area contributed by atoms with Crippen LogP contribution < -0.4 is 0 Å². The van der Waals surface area contributed by atoms with Crippen LogP contribution in [0.1, 0.15) is 12.8 Å². The highest BCUT2D eigenvalue weighted by Crippen LogP contribution is 1.94. The van der Waals surface area contributed by atoms with Crippen LogP contribution in [0.5, 0.6) is 0 Å². The summed E-state index contributed by atoms with van der Waals surface area (Å²) in [6.45, 7) is 4.49. The lowest BCUT2D eigenvalue weighted by molar-refractivity contribution is 0.134. The predicted molar refractivity (Wildman–Crippen MR) is 58.3 cm³/mol. The normalized spacial score (nSPS) is 10.4. The van der Waals surface area contributed by atoms with Gasteiger partial charge >= 0.3 is 0 Å². The second-order valence-corrected chi connectivity index (χ2v) is 3.13. The van der Waals surface area contributed by atoms with Crippen LogP contribution >= 0.6 is 0 Å². The van der Waals surface area contributed by atoms with Crippen LogP contribution in [0.2, 0.25) is 0 Å². The van der Waals surface area contributed by atoms with E-state index in [0.29, 0.717) is 0 Å². The highest BCUT2D eigenvalue weighted by Gasteiger charge is 2.02. The molecule has 0 radical (unpaired) electrons. The predicted octanol–water partition coefficient (Wildman–Crippen LogP) is 0.995. The van der Waals surface area contributed by atoms with Crippen molar-refractivity contribution in [2.75, 3.05) is 47.1 Å². The molecular weight excluding hydrogens is 178 g/mol. The van der Waals surface area contributed by atoms with Gasteiger partial charge in [0.1, 0.15) is 0 Å². The Bertz CT molecular complexity index is 154. The fourth-order valence-electron chi connectivity index (χ4n) is 1.21. The quantitative estimate of drug-likeness (QED) is 0.408. The molecule has 0 unspecified atom stereocenters. The van der Waals surface area contributed by atoms with E-state index in [9.17, 15) is 0 Å². The van der Waals surface area contributed by atoms with E-state index in [1.165, 1.54) is 0 Å². The van der Waals surface area contributed by atoms with Gasteiger partial charge in [0, 0.05) is 46.9 Å². The molecule has 0 aromatic heterocycles. The van der Waals surface area contributed by atoms with Crippen molar-refractivity contribution in [3.63, 3.8) is 0 Å². The van der Waals surface area contributed by atoms with Gasteiger partial charge in [-0.2, -0.15) is 0 Å². The molecule has 3 nitrogen and oxygen atoms in total. The summed E-state index contributed by atoms with van der Waals surface area (Å²) in [5.41, 5.74) is 0. The molecule has 0 saturated heterocycles. The molecule has 3 heteroatoms. The Morgan fingerprint density at radius 1 is 1.07 bits per heavy atom. The van der Waals surface area contributed by atoms with Crippen molar-refractivity contribution in [2.45, 2.75) is 12.8 Å². The van der Waals surface area contributed by atoms with Crippen LogP contribution in [0.4, 0.5) is 0 Å². The summed E-state index contributed by atoms with van der Waals surface area (Å²) in [5.74, 6) is 2.65. The number of methoxy groups -OCH3 is 2. The van der Waals surface area contributed by atoms with Gasteiger partial charge in [0.15, 0.2) is 0 Å². The lowest BCUT2D eigenvalue weighted by Crippen LogP contribution is -2.30. The van der Waals surface area contributed by atoms with Gasteiger partial charge in [0.2, 0.25) is 0 Å². The van der Waals surface area contributed by atoms with E-state index in [0.717, 1.165) is 45.7 Å². The first-order valence-corrected chi connectivity index (χ1v) is 4.98. The highest BCUT2D eigenvalue weighted by molar-refractivity contribution is 4.84. The standard InChI is InChI=1S/C11H21NO2/c1-4-5-7-12(9-11-14-3)8-6-10-13-2/h1H,5-11H2,2-3H3. The Hall–Kier alpha value is -0.560. The van der Waals surface area contributed by atoms with Crippen LogP contribution in [0.15, 0.2) is 0 Å². The Morgan fingerprint density at radius 3 is 2.36 bits per heavy atom. The SMILES string of the molecule is C#CCCN(CCCOC)CCOC. The smallest absolute Gasteiger partial charge is 0.0589 e. The van der Waals surface area contributed by atoms with Crippen molar-refractivity contribution >= 4 is 0 Å². The zero-order valence-electron chi connectivity index (χ0n) is 9.29. The van der Waals surface area contributed by atoms with E-state index in [1.54, 1.807) is 14.2 Å². The number of terminal acetylenes is 1. The number of nitrogens with zero attached hydrogens (tertiary/aromatic N) is 1. The zero-order chi connectivity index (χ0) is 10.6. The summed E-state index contributed by atoms with van der Waals surface area (Å²) in [4.78, 5) is 2.31. The van der Waals surface area contributed by atoms with Crippen molar-refractivity contribution in [1.82, 2.24) is 4.90 Å². The third kappa shape index (κ3) is 8.06. The summed E-state index contributed by atoms with van der Waals surface area (Å²) >= 11 is 0. The first kappa shape index (κ1) is 13.4. The third-order valence-corrected chi connectivity index (χ3v) is 2.01. The topological polar surface area (TPSA) is 21.7 Å². The zero-order valence-corrected chi connectivity index (χ0v) is 9.29. The van der Waals surface area contributed by atoms with Gasteiger partial charge in [0.25, 0.3) is 0 Å². The highest BCUT2D eigenvalue weighted by atomic mass is 16.5. The molecule has 0 aliphatic heterocycles. The fraction of sp³-hybridized carbons (Fsp3) is 0.818. The monoisotopic (exact) mass is 199 g/mol. The van der Waals surface area contributed by atoms with E-state index >= 15 is 0 Å². The molecular formula is C11H21NO2. The maximum Gasteiger partial charge on any atom is 0.0589 e. The van der Waals surface area contributed by atoms with E-state index in [4.69, 9.17) is 15.9 Å².